The van der Waals surface area contributed by atoms with Crippen LogP contribution in [-0.2, 0) is 62.3 Å². The van der Waals surface area contributed by atoms with Crippen LogP contribution in [0, 0.1) is 0 Å². The molecule has 2 rings (SSSR count). The van der Waals surface area contributed by atoms with Gasteiger partial charge in [0.1, 0.15) is 24.2 Å². The summed E-state index contributed by atoms with van der Waals surface area (Å²) < 4.78 is -0.451. The highest BCUT2D eigenvalue weighted by Crippen LogP contribution is 2.24. The molecule has 2 heterocycles. The second kappa shape index (κ2) is 28.7. The number of unbranched alkanes of at least 4 members (excludes halogenated alkanes) is 1. The van der Waals surface area contributed by atoms with Gasteiger partial charge in [0.15, 0.2) is 0 Å². The summed E-state index contributed by atoms with van der Waals surface area (Å²) in [6, 6.07) is -7.55. The molecule has 68 heavy (non-hydrogen) atoms. The van der Waals surface area contributed by atoms with E-state index in [1.165, 1.54) is 11.8 Å². The zero-order chi connectivity index (χ0) is 51.1. The van der Waals surface area contributed by atoms with E-state index in [1.54, 1.807) is 0 Å². The molecule has 0 saturated carbocycles. The van der Waals surface area contributed by atoms with Gasteiger partial charge in [0.2, 0.25) is 52.9 Å². The Labute approximate surface area is 395 Å². The number of ketones is 2. The van der Waals surface area contributed by atoms with Crippen molar-refractivity contribution in [2.75, 3.05) is 58.2 Å². The smallest absolute Gasteiger partial charge is 0.253 e. The number of thioether (sulfide) groups is 1. The van der Waals surface area contributed by atoms with Crippen molar-refractivity contribution < 1.29 is 72.5 Å². The van der Waals surface area contributed by atoms with Crippen LogP contribution in [-0.4, -0.2) is 190 Å². The van der Waals surface area contributed by atoms with Crippen LogP contribution in [0.4, 0.5) is 0 Å². The standard InChI is InChI=1S/C41H61N11O15S/c1-41(2,3)68-22-27(40(67)50-26(21-54)39(66)48-23(6-4-5-14-42)36(63)28(55)12-16-51-32(59)7-8-33(51)60)47-31(58)19-45-37(64)24(18-43)49-38(65)25(20-53)46-30(57)11-15-44-29(56)13-17-52-34(61)9-10-35(52)62/h7-10,23-27,53-54H,4-6,11-22,42-43H2,1-3H3,(H,44,56)(H,45,64)(H,46,57)(H,47,58)(H,48,66)(H,49,65)(H,50,67)/t23-,24-,25-,26-,27-/m0/s1. The van der Waals surface area contributed by atoms with E-state index in [9.17, 15) is 72.5 Å². The number of nitrogens with one attached hydrogen (secondary N) is 7. The number of hydrogen-bond donors (Lipinski definition) is 11. The van der Waals surface area contributed by atoms with Crippen molar-refractivity contribution in [3.63, 3.8) is 0 Å². The first-order chi connectivity index (χ1) is 32.0. The molecule has 0 unspecified atom stereocenters. The van der Waals surface area contributed by atoms with Crippen molar-refractivity contribution in [2.24, 2.45) is 11.5 Å². The number of imide groups is 2. The summed E-state index contributed by atoms with van der Waals surface area (Å²) in [5.41, 5.74) is 11.2. The fourth-order valence-electron chi connectivity index (χ4n) is 5.97. The monoisotopic (exact) mass is 979 g/mol. The van der Waals surface area contributed by atoms with Gasteiger partial charge in [0.25, 0.3) is 23.6 Å². The summed E-state index contributed by atoms with van der Waals surface area (Å²) in [6.07, 6.45) is 3.73. The number of carbonyl (C=O) groups excluding carboxylic acids is 13. The van der Waals surface area contributed by atoms with Crippen molar-refractivity contribution in [1.29, 1.82) is 0 Å². The number of carbonyl (C=O) groups is 13. The summed E-state index contributed by atoms with van der Waals surface area (Å²) in [4.78, 5) is 165. The highest BCUT2D eigenvalue weighted by atomic mass is 32.2. The number of Topliss-reactive ketones (excluding diaryl/α,β-unsaturated/α-hetero) is 2. The molecule has 2 aliphatic heterocycles. The van der Waals surface area contributed by atoms with Gasteiger partial charge in [0.05, 0.1) is 25.8 Å². The van der Waals surface area contributed by atoms with Crippen LogP contribution in [0.3, 0.4) is 0 Å². The van der Waals surface area contributed by atoms with Crippen LogP contribution < -0.4 is 48.7 Å². The van der Waals surface area contributed by atoms with Crippen molar-refractivity contribution in [3.05, 3.63) is 24.3 Å². The van der Waals surface area contributed by atoms with Crippen molar-refractivity contribution in [3.8, 4) is 0 Å². The Morgan fingerprint density at radius 2 is 1.07 bits per heavy atom. The third kappa shape index (κ3) is 19.8. The summed E-state index contributed by atoms with van der Waals surface area (Å²) in [7, 11) is 0. The fraction of sp³-hybridized carbons (Fsp3) is 0.585. The molecular weight excluding hydrogens is 919 g/mol. The lowest BCUT2D eigenvalue weighted by atomic mass is 10.00. The Kier molecular flexibility index (Phi) is 24.3. The molecule has 26 nitrogen and oxygen atoms in total. The van der Waals surface area contributed by atoms with E-state index in [-0.39, 0.29) is 51.2 Å². The first-order valence-corrected chi connectivity index (χ1v) is 22.5. The van der Waals surface area contributed by atoms with Crippen LogP contribution in [0.2, 0.25) is 0 Å². The zero-order valence-electron chi connectivity index (χ0n) is 38.0. The molecule has 0 saturated heterocycles. The van der Waals surface area contributed by atoms with Crippen LogP contribution >= 0.6 is 11.8 Å². The van der Waals surface area contributed by atoms with Crippen LogP contribution in [0.15, 0.2) is 24.3 Å². The maximum absolute atomic E-state index is 13.6. The number of aliphatic hydroxyl groups excluding tert-OH is 2. The average Bonchev–Trinajstić information content (AvgIpc) is 3.79. The summed E-state index contributed by atoms with van der Waals surface area (Å²) >= 11 is 1.23. The predicted molar refractivity (Wildman–Crippen MR) is 240 cm³/mol. The number of rotatable bonds is 31. The summed E-state index contributed by atoms with van der Waals surface area (Å²) in [6.45, 7) is 1.78. The molecule has 11 amide bonds. The molecule has 2 aliphatic rings. The normalized spacial score (nSPS) is 15.5. The largest absolute Gasteiger partial charge is 0.394 e. The second-order valence-electron chi connectivity index (χ2n) is 16.2. The number of aliphatic hydroxyl groups is 2. The molecule has 27 heteroatoms. The molecule has 0 aromatic heterocycles. The molecule has 0 aromatic rings. The Bertz CT molecular complexity index is 1950. The summed E-state index contributed by atoms with van der Waals surface area (Å²) in [5, 5.41) is 36.2. The fourth-order valence-corrected chi connectivity index (χ4v) is 6.87. The van der Waals surface area contributed by atoms with Gasteiger partial charge in [0, 0.05) is 80.2 Å². The third-order valence-electron chi connectivity index (χ3n) is 9.73. The van der Waals surface area contributed by atoms with Crippen LogP contribution in [0.1, 0.15) is 59.3 Å². The van der Waals surface area contributed by atoms with Crippen molar-refractivity contribution >= 4 is 88.3 Å². The second-order valence-corrected chi connectivity index (χ2v) is 18.0. The van der Waals surface area contributed by atoms with Gasteiger partial charge in [-0.15, -0.1) is 0 Å². The molecule has 0 aliphatic carbocycles. The number of hydrogen-bond acceptors (Lipinski definition) is 18. The molecule has 13 N–H and O–H groups in total. The molecule has 0 spiro atoms. The quantitative estimate of drug-likeness (QED) is 0.0175. The lowest BCUT2D eigenvalue weighted by Crippen LogP contribution is -2.59. The Morgan fingerprint density at radius 3 is 1.59 bits per heavy atom. The third-order valence-corrected chi connectivity index (χ3v) is 11.1. The lowest BCUT2D eigenvalue weighted by Gasteiger charge is -2.26. The van der Waals surface area contributed by atoms with E-state index < -0.39 is 144 Å². The topological polar surface area (TPSA) is 405 Å². The van der Waals surface area contributed by atoms with E-state index in [1.807, 2.05) is 20.8 Å². The van der Waals surface area contributed by atoms with Gasteiger partial charge < -0.3 is 58.9 Å². The SMILES string of the molecule is CC(C)(C)SC[C@H](NC(=O)CNC(=O)[C@H](CN)NC(=O)[C@H](CO)NC(=O)CCNC(=O)CCN1C(=O)C=CC1=O)C(=O)N[C@@H](CO)C(=O)N[C@@H](CCCCN)C(=O)C(=O)CCN1C(=O)C=CC1=O. The molecular formula is C41H61N11O15S. The molecule has 0 radical (unpaired) electrons. The number of nitrogens with zero attached hydrogens (tertiary/aromatic N) is 2. The Hall–Kier alpha value is -6.42. The van der Waals surface area contributed by atoms with E-state index in [2.05, 4.69) is 37.2 Å². The van der Waals surface area contributed by atoms with Gasteiger partial charge in [-0.1, -0.05) is 20.8 Å². The minimum atomic E-state index is -1.69. The van der Waals surface area contributed by atoms with Gasteiger partial charge in [-0.2, -0.15) is 11.8 Å². The van der Waals surface area contributed by atoms with Crippen molar-refractivity contribution in [2.45, 2.75) is 94.3 Å². The molecule has 5 atom stereocenters. The molecule has 376 valence electrons. The van der Waals surface area contributed by atoms with Crippen LogP contribution in [0.5, 0.6) is 0 Å². The van der Waals surface area contributed by atoms with Gasteiger partial charge >= 0.3 is 0 Å². The van der Waals surface area contributed by atoms with E-state index in [4.69, 9.17) is 11.5 Å². The molecule has 0 fully saturated rings. The van der Waals surface area contributed by atoms with E-state index in [0.717, 1.165) is 34.1 Å². The first-order valence-electron chi connectivity index (χ1n) is 21.5. The zero-order valence-corrected chi connectivity index (χ0v) is 38.8. The maximum atomic E-state index is 13.6. The number of nitrogens with two attached hydrogens (primary N) is 2. The molecule has 0 bridgehead atoms. The first kappa shape index (κ1) is 57.7. The minimum absolute atomic E-state index is 0.0536. The maximum Gasteiger partial charge on any atom is 0.253 e. The predicted octanol–water partition coefficient (Wildman–Crippen LogP) is -6.59. The Morgan fingerprint density at radius 1 is 0.588 bits per heavy atom. The van der Waals surface area contributed by atoms with Crippen LogP contribution in [0.25, 0.3) is 0 Å². The highest BCUT2D eigenvalue weighted by molar-refractivity contribution is 8.00. The molecule has 0 aromatic carbocycles. The van der Waals surface area contributed by atoms with Gasteiger partial charge in [-0.3, -0.25) is 72.1 Å². The number of amides is 11. The Balaban J connectivity index is 1.98. The highest BCUT2D eigenvalue weighted by Gasteiger charge is 2.34. The van der Waals surface area contributed by atoms with Crippen molar-refractivity contribution in [1.82, 2.24) is 47.0 Å². The van der Waals surface area contributed by atoms with E-state index >= 15 is 0 Å². The van der Waals surface area contributed by atoms with Gasteiger partial charge in [-0.25, -0.2) is 0 Å². The average molecular weight is 980 g/mol. The lowest BCUT2D eigenvalue weighted by molar-refractivity contribution is -0.141. The van der Waals surface area contributed by atoms with E-state index in [0.29, 0.717) is 12.8 Å². The minimum Gasteiger partial charge on any atom is -0.394 e. The summed E-state index contributed by atoms with van der Waals surface area (Å²) in [5.74, 6) is -10.8. The van der Waals surface area contributed by atoms with Gasteiger partial charge in [-0.05, 0) is 25.8 Å².